The molecule has 0 amide bonds. The molecule has 1 spiro atoms. The summed E-state index contributed by atoms with van der Waals surface area (Å²) in [5.74, 6) is -8.25. The summed E-state index contributed by atoms with van der Waals surface area (Å²) in [6.07, 6.45) is -7.97. The first-order chi connectivity index (χ1) is 21.0. The van der Waals surface area contributed by atoms with Crippen molar-refractivity contribution in [2.24, 2.45) is 0 Å². The van der Waals surface area contributed by atoms with Crippen molar-refractivity contribution in [1.82, 2.24) is 19.9 Å². The normalized spacial score (nSPS) is 19.7. The number of hydrogen-bond acceptors (Lipinski definition) is 9. The van der Waals surface area contributed by atoms with E-state index in [2.05, 4.69) is 31.2 Å². The quantitative estimate of drug-likeness (QED) is 0.339. The van der Waals surface area contributed by atoms with E-state index in [1.165, 1.54) is 12.4 Å². The maximum Gasteiger partial charge on any atom is 0.490 e. The van der Waals surface area contributed by atoms with Crippen LogP contribution in [0.15, 0.2) is 36.8 Å². The molecule has 2 saturated heterocycles. The van der Waals surface area contributed by atoms with Crippen molar-refractivity contribution in [3.63, 3.8) is 0 Å². The lowest BCUT2D eigenvalue weighted by atomic mass is 9.88. The molecular weight excluding hydrogens is 660 g/mol. The molecule has 4 N–H and O–H groups in total. The zero-order chi connectivity index (χ0) is 35.3. The number of likely N-dealkylation sites (tertiary alicyclic amines) is 1. The number of pyridine rings is 1. The molecule has 0 saturated carbocycles. The molecule has 2 aromatic rings. The van der Waals surface area contributed by atoms with Crippen LogP contribution in [0.5, 0.6) is 0 Å². The number of aliphatic carboxylic acids is 3. The van der Waals surface area contributed by atoms with Crippen LogP contribution in [0.2, 0.25) is 0 Å². The summed E-state index contributed by atoms with van der Waals surface area (Å²) in [5, 5.41) is 24.6. The Kier molecular flexibility index (Phi) is 14.5. The van der Waals surface area contributed by atoms with Gasteiger partial charge in [0.05, 0.1) is 36.3 Å². The Labute approximate surface area is 252 Å². The predicted molar refractivity (Wildman–Crippen MR) is 133 cm³/mol. The molecule has 2 aliphatic rings. The van der Waals surface area contributed by atoms with Gasteiger partial charge in [-0.3, -0.25) is 9.88 Å². The Morgan fingerprint density at radius 2 is 1.39 bits per heavy atom. The van der Waals surface area contributed by atoms with Gasteiger partial charge in [-0.15, -0.1) is 0 Å². The van der Waals surface area contributed by atoms with Crippen molar-refractivity contribution < 1.29 is 78.3 Å². The fourth-order valence-corrected chi connectivity index (χ4v) is 3.84. The van der Waals surface area contributed by atoms with Gasteiger partial charge in [-0.1, -0.05) is 6.07 Å². The molecule has 46 heavy (non-hydrogen) atoms. The lowest BCUT2D eigenvalue weighted by Crippen LogP contribution is -2.47. The van der Waals surface area contributed by atoms with Crippen molar-refractivity contribution in [1.29, 1.82) is 0 Å². The van der Waals surface area contributed by atoms with Crippen LogP contribution < -0.4 is 5.32 Å². The lowest BCUT2D eigenvalue weighted by Gasteiger charge is -2.39. The number of nitrogens with zero attached hydrogens (tertiary/aromatic N) is 4. The highest BCUT2D eigenvalue weighted by Crippen LogP contribution is 2.36. The molecule has 2 unspecified atom stereocenters. The second-order valence-electron chi connectivity index (χ2n) is 9.31. The number of anilines is 1. The molecular formula is C24H25F10N5O7. The Bertz CT molecular complexity index is 1210. The van der Waals surface area contributed by atoms with Gasteiger partial charge in [-0.2, -0.15) is 39.5 Å². The molecule has 12 nitrogen and oxygen atoms in total. The van der Waals surface area contributed by atoms with Gasteiger partial charge in [0.15, 0.2) is 5.82 Å². The maximum atomic E-state index is 12.9. The Balaban J connectivity index is 0.000000413. The predicted octanol–water partition coefficient (Wildman–Crippen LogP) is 4.15. The van der Waals surface area contributed by atoms with Gasteiger partial charge >= 0.3 is 36.4 Å². The topological polar surface area (TPSA) is 175 Å². The van der Waals surface area contributed by atoms with E-state index in [1.807, 2.05) is 18.3 Å². The third-order valence-electron chi connectivity index (χ3n) is 5.62. The number of alkyl halides is 9. The summed E-state index contributed by atoms with van der Waals surface area (Å²) in [4.78, 5) is 41.5. The molecule has 0 radical (unpaired) electrons. The number of halogens is 10. The van der Waals surface area contributed by atoms with E-state index >= 15 is 0 Å². The van der Waals surface area contributed by atoms with Crippen molar-refractivity contribution in [3.05, 3.63) is 48.3 Å². The summed E-state index contributed by atoms with van der Waals surface area (Å²) in [6.45, 7) is 3.45. The summed E-state index contributed by atoms with van der Waals surface area (Å²) < 4.78 is 114. The van der Waals surface area contributed by atoms with E-state index in [-0.39, 0.29) is 11.6 Å². The average Bonchev–Trinajstić information content (AvgIpc) is 3.31. The molecule has 2 aromatic heterocycles. The van der Waals surface area contributed by atoms with E-state index < -0.39 is 42.3 Å². The number of aromatic nitrogens is 3. The van der Waals surface area contributed by atoms with E-state index in [1.54, 1.807) is 0 Å². The number of hydrogen-bond donors (Lipinski definition) is 4. The van der Waals surface area contributed by atoms with Gasteiger partial charge in [0, 0.05) is 25.7 Å². The minimum atomic E-state index is -5.08. The molecule has 0 aromatic carbocycles. The first kappa shape index (κ1) is 39.7. The van der Waals surface area contributed by atoms with Crippen LogP contribution in [-0.4, -0.2) is 103 Å². The Morgan fingerprint density at radius 1 is 0.891 bits per heavy atom. The highest BCUT2D eigenvalue weighted by molar-refractivity contribution is 5.73. The number of carboxylic acids is 3. The van der Waals surface area contributed by atoms with Crippen molar-refractivity contribution in [3.8, 4) is 0 Å². The highest BCUT2D eigenvalue weighted by Gasteiger charge is 2.44. The number of ether oxygens (including phenoxy) is 1. The fourth-order valence-electron chi connectivity index (χ4n) is 3.84. The molecule has 258 valence electrons. The number of rotatable bonds is 4. The number of nitrogens with one attached hydrogen (secondary N) is 1. The molecule has 0 bridgehead atoms. The highest BCUT2D eigenvalue weighted by atomic mass is 19.4. The Hall–Kier alpha value is -4.34. The largest absolute Gasteiger partial charge is 0.490 e. The Morgan fingerprint density at radius 3 is 1.83 bits per heavy atom. The summed E-state index contributed by atoms with van der Waals surface area (Å²) >= 11 is 0. The monoisotopic (exact) mass is 685 g/mol. The number of carboxylic acid groups (broad SMARTS) is 3. The van der Waals surface area contributed by atoms with Gasteiger partial charge in [0.2, 0.25) is 5.95 Å². The van der Waals surface area contributed by atoms with Crippen LogP contribution in [0.1, 0.15) is 25.0 Å². The van der Waals surface area contributed by atoms with Crippen LogP contribution in [0.25, 0.3) is 0 Å². The van der Waals surface area contributed by atoms with E-state index in [0.29, 0.717) is 12.6 Å². The molecule has 0 aliphatic carbocycles. The van der Waals surface area contributed by atoms with Gasteiger partial charge in [-0.05, 0) is 31.5 Å². The SMILES string of the molecule is Fc1cnc(NC2COC3(CCCN(Cc4ccccn4)C3)C2)nc1.O=C(O)C(F)(F)F.O=C(O)C(F)(F)F.O=C(O)C(F)(F)F. The molecule has 2 fully saturated rings. The van der Waals surface area contributed by atoms with Crippen molar-refractivity contribution in [2.75, 3.05) is 25.0 Å². The molecule has 22 heteroatoms. The van der Waals surface area contributed by atoms with E-state index in [0.717, 1.165) is 44.6 Å². The lowest BCUT2D eigenvalue weighted by molar-refractivity contribution is -0.193. The zero-order valence-corrected chi connectivity index (χ0v) is 23.0. The first-order valence-electron chi connectivity index (χ1n) is 12.4. The fraction of sp³-hybridized carbons (Fsp3) is 0.500. The van der Waals surface area contributed by atoms with Gasteiger partial charge in [-0.25, -0.2) is 28.7 Å². The standard InChI is InChI=1S/C18H22FN5O.3C2HF3O2/c19-14-9-21-17(22-10-14)23-16-8-18(25-12-16)5-3-7-24(13-18)11-15-4-1-2-6-20-15;3*3-2(4,5)1(6)7/h1-2,4,6,9-10,16H,3,5,7-8,11-13H2,(H,21,22,23);3*(H,6,7). The first-order valence-corrected chi connectivity index (χ1v) is 12.4. The van der Waals surface area contributed by atoms with E-state index in [9.17, 15) is 43.9 Å². The maximum absolute atomic E-state index is 12.9. The average molecular weight is 685 g/mol. The molecule has 2 atom stereocenters. The second-order valence-corrected chi connectivity index (χ2v) is 9.31. The van der Waals surface area contributed by atoms with Crippen LogP contribution in [0.3, 0.4) is 0 Å². The number of piperidine rings is 1. The van der Waals surface area contributed by atoms with Crippen LogP contribution in [-0.2, 0) is 25.7 Å². The number of carbonyl (C=O) groups is 3. The van der Waals surface area contributed by atoms with Crippen LogP contribution in [0, 0.1) is 5.82 Å². The van der Waals surface area contributed by atoms with Gasteiger partial charge in [0.1, 0.15) is 0 Å². The van der Waals surface area contributed by atoms with Crippen LogP contribution in [0.4, 0.5) is 49.9 Å². The second kappa shape index (κ2) is 16.8. The smallest absolute Gasteiger partial charge is 0.475 e. The van der Waals surface area contributed by atoms with Gasteiger partial charge < -0.3 is 25.4 Å². The zero-order valence-electron chi connectivity index (χ0n) is 23.0. The molecule has 2 aliphatic heterocycles. The summed E-state index contributed by atoms with van der Waals surface area (Å²) in [7, 11) is 0. The van der Waals surface area contributed by atoms with Crippen molar-refractivity contribution >= 4 is 23.9 Å². The van der Waals surface area contributed by atoms with Crippen molar-refractivity contribution in [2.45, 2.75) is 56.0 Å². The molecule has 4 heterocycles. The minimum Gasteiger partial charge on any atom is -0.475 e. The third kappa shape index (κ3) is 15.1. The summed E-state index contributed by atoms with van der Waals surface area (Å²) in [5.41, 5.74) is 0.969. The third-order valence-corrected chi connectivity index (χ3v) is 5.62. The molecule has 4 rings (SSSR count). The summed E-state index contributed by atoms with van der Waals surface area (Å²) in [6, 6.07) is 6.18. The van der Waals surface area contributed by atoms with Gasteiger partial charge in [0.25, 0.3) is 0 Å². The van der Waals surface area contributed by atoms with E-state index in [4.69, 9.17) is 34.4 Å². The van der Waals surface area contributed by atoms with Crippen LogP contribution >= 0.6 is 0 Å². The minimum absolute atomic E-state index is 0.120.